The second kappa shape index (κ2) is 10.4. The number of carbonyl (C=O) groups is 1. The summed E-state index contributed by atoms with van der Waals surface area (Å²) in [6.07, 6.45) is -13.4. The van der Waals surface area contributed by atoms with E-state index in [2.05, 4.69) is 5.32 Å². The van der Waals surface area contributed by atoms with Gasteiger partial charge in [-0.25, -0.2) is 30.8 Å². The van der Waals surface area contributed by atoms with Crippen LogP contribution in [0.2, 0.25) is 0 Å². The van der Waals surface area contributed by atoms with Crippen molar-refractivity contribution in [3.05, 3.63) is 65.0 Å². The summed E-state index contributed by atoms with van der Waals surface area (Å²) in [6.45, 7) is 0. The van der Waals surface area contributed by atoms with Crippen molar-refractivity contribution >= 4 is 25.8 Å². The van der Waals surface area contributed by atoms with Crippen LogP contribution in [0.5, 0.6) is 0 Å². The quantitative estimate of drug-likeness (QED) is 0.357. The van der Waals surface area contributed by atoms with E-state index in [1.54, 1.807) is 0 Å². The minimum absolute atomic E-state index is 0.0146. The number of primary sulfonamides is 1. The largest absolute Gasteiger partial charge is 0.435 e. The molecule has 0 heterocycles. The van der Waals surface area contributed by atoms with E-state index in [4.69, 9.17) is 5.14 Å². The van der Waals surface area contributed by atoms with Gasteiger partial charge in [-0.15, -0.1) is 0 Å². The van der Waals surface area contributed by atoms with Crippen molar-refractivity contribution in [2.45, 2.75) is 65.8 Å². The first-order valence-electron chi connectivity index (χ1n) is 12.4. The Hall–Kier alpha value is -2.79. The molecule has 0 aliphatic heterocycles. The predicted molar refractivity (Wildman–Crippen MR) is 132 cm³/mol. The Morgan fingerprint density at radius 3 is 2.07 bits per heavy atom. The van der Waals surface area contributed by atoms with Crippen molar-refractivity contribution < 1.29 is 56.8 Å². The maximum atomic E-state index is 14.9. The van der Waals surface area contributed by atoms with Crippen LogP contribution in [0.4, 0.5) is 35.1 Å². The number of halogens is 8. The highest BCUT2D eigenvalue weighted by molar-refractivity contribution is 7.92. The number of aryl methyl sites for hydroxylation is 1. The molecule has 2 aromatic rings. The highest BCUT2D eigenvalue weighted by Gasteiger charge is 2.73. The van der Waals surface area contributed by atoms with Crippen molar-refractivity contribution in [2.24, 2.45) is 11.1 Å². The smallest absolute Gasteiger partial charge is 0.352 e. The lowest BCUT2D eigenvalue weighted by atomic mass is 9.82. The molecule has 4 rings (SSSR count). The van der Waals surface area contributed by atoms with Crippen molar-refractivity contribution in [1.29, 1.82) is 0 Å². The molecule has 0 spiro atoms. The number of alkyl halides is 7. The lowest BCUT2D eigenvalue weighted by molar-refractivity contribution is -0.348. The van der Waals surface area contributed by atoms with Gasteiger partial charge in [-0.3, -0.25) is 4.79 Å². The Morgan fingerprint density at radius 1 is 0.929 bits per heavy atom. The molecular formula is C25H24F8N2O5S2. The van der Waals surface area contributed by atoms with E-state index >= 15 is 0 Å². The van der Waals surface area contributed by atoms with E-state index in [1.165, 1.54) is 0 Å². The van der Waals surface area contributed by atoms with E-state index in [0.29, 0.717) is 6.07 Å². The van der Waals surface area contributed by atoms with Gasteiger partial charge in [0.15, 0.2) is 9.84 Å². The lowest BCUT2D eigenvalue weighted by Gasteiger charge is -2.38. The molecule has 3 atom stereocenters. The van der Waals surface area contributed by atoms with E-state index in [1.807, 2.05) is 0 Å². The second-order valence-corrected chi connectivity index (χ2v) is 14.2. The molecule has 1 saturated carbocycles. The fourth-order valence-corrected chi connectivity index (χ4v) is 9.10. The summed E-state index contributed by atoms with van der Waals surface area (Å²) in [5.74, 6) is -4.01. The Bertz CT molecular complexity index is 1580. The molecule has 2 aromatic carbocycles. The van der Waals surface area contributed by atoms with Gasteiger partial charge in [0.1, 0.15) is 16.3 Å². The molecule has 42 heavy (non-hydrogen) atoms. The standard InChI is InChI=1S/C25H24F8N2O5S2/c26-16-5-7-17(8-6-16)42(39,40)22-11-10-20(35-21(36)13-41(34,37)38)19(22)3-1-2-14-12-15(4-9-18(14)22)23(27,24(28,29)30)25(31,32)33/h4-9,12,19-20H,1-3,10-11,13H2,(H,35,36)(H2,34,37,38)/t19-,20+,22+/m0/s1. The normalized spacial score (nSPS) is 23.5. The molecular weight excluding hydrogens is 624 g/mol. The van der Waals surface area contributed by atoms with Gasteiger partial charge in [-0.05, 0) is 67.5 Å². The SMILES string of the molecule is NS(=O)(=O)CC(=O)N[C@@H]1CC[C@@]2(S(=O)(=O)c3ccc(F)cc3)c3ccc(C(F)(C(F)(F)F)C(F)(F)F)cc3CCC[C@@H]12. The number of carbonyl (C=O) groups excluding carboxylic acids is 1. The third-order valence-corrected chi connectivity index (χ3v) is 11.1. The van der Waals surface area contributed by atoms with Crippen LogP contribution in [0.3, 0.4) is 0 Å². The van der Waals surface area contributed by atoms with Crippen LogP contribution in [-0.4, -0.2) is 46.9 Å². The zero-order valence-corrected chi connectivity index (χ0v) is 23.0. The number of hydrogen-bond acceptors (Lipinski definition) is 5. The van der Waals surface area contributed by atoms with Crippen LogP contribution >= 0.6 is 0 Å². The van der Waals surface area contributed by atoms with Crippen LogP contribution in [0.1, 0.15) is 42.4 Å². The van der Waals surface area contributed by atoms with Gasteiger partial charge in [-0.1, -0.05) is 18.2 Å². The molecule has 17 heteroatoms. The molecule has 7 nitrogen and oxygen atoms in total. The van der Waals surface area contributed by atoms with Gasteiger partial charge in [0.05, 0.1) is 4.90 Å². The number of rotatable bonds is 6. The van der Waals surface area contributed by atoms with Crippen molar-refractivity contribution in [2.75, 3.05) is 5.75 Å². The highest BCUT2D eigenvalue weighted by Crippen LogP contribution is 2.58. The summed E-state index contributed by atoms with van der Waals surface area (Å²) in [4.78, 5) is 12.0. The van der Waals surface area contributed by atoms with E-state index in [0.717, 1.165) is 30.3 Å². The van der Waals surface area contributed by atoms with Crippen LogP contribution in [-0.2, 0) is 41.5 Å². The van der Waals surface area contributed by atoms with Gasteiger partial charge < -0.3 is 5.32 Å². The second-order valence-electron chi connectivity index (χ2n) is 10.4. The number of fused-ring (bicyclic) bond motifs is 3. The maximum Gasteiger partial charge on any atom is 0.435 e. The van der Waals surface area contributed by atoms with Crippen LogP contribution in [0, 0.1) is 11.7 Å². The predicted octanol–water partition coefficient (Wildman–Crippen LogP) is 4.30. The fourth-order valence-electron chi connectivity index (χ4n) is 6.18. The Kier molecular flexibility index (Phi) is 7.98. The average Bonchev–Trinajstić information content (AvgIpc) is 3.10. The number of amides is 1. The number of sulfone groups is 1. The molecule has 1 amide bonds. The van der Waals surface area contributed by atoms with Crippen molar-refractivity contribution in [3.63, 3.8) is 0 Å². The first-order chi connectivity index (χ1) is 19.1. The molecule has 0 saturated heterocycles. The van der Waals surface area contributed by atoms with Crippen LogP contribution in [0.25, 0.3) is 0 Å². The zero-order valence-electron chi connectivity index (χ0n) is 21.4. The average molecular weight is 649 g/mol. The molecule has 1 fully saturated rings. The number of sulfonamides is 1. The Balaban J connectivity index is 1.93. The summed E-state index contributed by atoms with van der Waals surface area (Å²) >= 11 is 0. The Labute approximate surface area is 235 Å². The maximum absolute atomic E-state index is 14.9. The zero-order chi connectivity index (χ0) is 31.5. The van der Waals surface area contributed by atoms with E-state index < -0.39 is 82.5 Å². The minimum atomic E-state index is -6.39. The first kappa shape index (κ1) is 32.1. The summed E-state index contributed by atoms with van der Waals surface area (Å²) in [6, 6.07) is 3.94. The van der Waals surface area contributed by atoms with Crippen LogP contribution < -0.4 is 10.5 Å². The third-order valence-electron chi connectivity index (χ3n) is 7.89. The van der Waals surface area contributed by atoms with E-state index in [9.17, 15) is 56.8 Å². The topological polar surface area (TPSA) is 123 Å². The van der Waals surface area contributed by atoms with Gasteiger partial charge in [0.25, 0.3) is 0 Å². The molecule has 2 aliphatic rings. The molecule has 2 aliphatic carbocycles. The molecule has 3 N–H and O–H groups in total. The van der Waals surface area contributed by atoms with Crippen molar-refractivity contribution in [1.82, 2.24) is 5.32 Å². The van der Waals surface area contributed by atoms with Crippen molar-refractivity contribution in [3.8, 4) is 0 Å². The molecule has 0 aromatic heterocycles. The molecule has 0 radical (unpaired) electrons. The molecule has 232 valence electrons. The van der Waals surface area contributed by atoms with Gasteiger partial charge in [-0.2, -0.15) is 26.3 Å². The summed E-state index contributed by atoms with van der Waals surface area (Å²) < 4.78 is 159. The highest BCUT2D eigenvalue weighted by atomic mass is 32.2. The summed E-state index contributed by atoms with van der Waals surface area (Å²) in [5.41, 5.74) is -7.98. The minimum Gasteiger partial charge on any atom is -0.352 e. The Morgan fingerprint density at radius 2 is 1.52 bits per heavy atom. The number of hydrogen-bond donors (Lipinski definition) is 2. The number of benzene rings is 2. The van der Waals surface area contributed by atoms with Gasteiger partial charge in [0, 0.05) is 17.5 Å². The molecule has 0 bridgehead atoms. The summed E-state index contributed by atoms with van der Waals surface area (Å²) in [7, 11) is -8.89. The monoisotopic (exact) mass is 648 g/mol. The molecule has 0 unspecified atom stereocenters. The third kappa shape index (κ3) is 5.27. The first-order valence-corrected chi connectivity index (χ1v) is 15.6. The lowest BCUT2D eigenvalue weighted by Crippen LogP contribution is -2.50. The van der Waals surface area contributed by atoms with Gasteiger partial charge in [0.2, 0.25) is 15.9 Å². The van der Waals surface area contributed by atoms with Gasteiger partial charge >= 0.3 is 18.0 Å². The summed E-state index contributed by atoms with van der Waals surface area (Å²) in [5, 5.41) is 7.36. The number of nitrogens with two attached hydrogens (primary N) is 1. The van der Waals surface area contributed by atoms with Crippen LogP contribution in [0.15, 0.2) is 47.4 Å². The fraction of sp³-hybridized carbons (Fsp3) is 0.480. The number of nitrogens with one attached hydrogen (secondary N) is 1. The van der Waals surface area contributed by atoms with E-state index in [-0.39, 0.29) is 49.3 Å².